The van der Waals surface area contributed by atoms with Crippen LogP contribution >= 0.6 is 0 Å². The second-order valence-electron chi connectivity index (χ2n) is 5.33. The van der Waals surface area contributed by atoms with Gasteiger partial charge in [-0.05, 0) is 50.1 Å². The zero-order valence-corrected chi connectivity index (χ0v) is 12.9. The van der Waals surface area contributed by atoms with Crippen molar-refractivity contribution in [3.8, 4) is 0 Å². The van der Waals surface area contributed by atoms with Crippen LogP contribution in [0.4, 0.5) is 11.6 Å². The summed E-state index contributed by atoms with van der Waals surface area (Å²) in [6.45, 7) is 6.84. The number of nitrogens with zero attached hydrogens (tertiary/aromatic N) is 3. The fourth-order valence-electron chi connectivity index (χ4n) is 2.14. The third-order valence-electron chi connectivity index (χ3n) is 3.26. The summed E-state index contributed by atoms with van der Waals surface area (Å²) >= 11 is 0. The molecule has 0 saturated carbocycles. The first-order valence-corrected chi connectivity index (χ1v) is 6.78. The Morgan fingerprint density at radius 1 is 1.00 bits per heavy atom. The number of anilines is 2. The number of hydrogen-bond donors (Lipinski definition) is 1. The van der Waals surface area contributed by atoms with E-state index >= 15 is 0 Å². The van der Waals surface area contributed by atoms with Crippen LogP contribution in [0.3, 0.4) is 0 Å². The van der Waals surface area contributed by atoms with Gasteiger partial charge in [-0.25, -0.2) is 9.97 Å². The first-order chi connectivity index (χ1) is 9.45. The lowest BCUT2D eigenvalue weighted by atomic mass is 10.1. The minimum absolute atomic E-state index is 0.693. The van der Waals surface area contributed by atoms with Gasteiger partial charge in [-0.2, -0.15) is 0 Å². The Bertz CT molecular complexity index is 585. The van der Waals surface area contributed by atoms with E-state index in [1.54, 1.807) is 0 Å². The molecule has 1 aromatic heterocycles. The van der Waals surface area contributed by atoms with Crippen molar-refractivity contribution < 1.29 is 0 Å². The van der Waals surface area contributed by atoms with Gasteiger partial charge in [0.05, 0.1) is 0 Å². The predicted octanol–water partition coefficient (Wildman–Crippen LogP) is 3.08. The van der Waals surface area contributed by atoms with Gasteiger partial charge in [0, 0.05) is 37.7 Å². The number of hydrogen-bond acceptors (Lipinski definition) is 4. The second kappa shape index (κ2) is 5.90. The van der Waals surface area contributed by atoms with Crippen molar-refractivity contribution in [2.75, 3.05) is 24.3 Å². The molecule has 1 N–H and O–H groups in total. The Labute approximate surface area is 120 Å². The van der Waals surface area contributed by atoms with Crippen molar-refractivity contribution in [3.63, 3.8) is 0 Å². The lowest BCUT2D eigenvalue weighted by Gasteiger charge is -2.15. The van der Waals surface area contributed by atoms with Crippen molar-refractivity contribution in [1.29, 1.82) is 0 Å². The highest BCUT2D eigenvalue weighted by atomic mass is 15.1. The molecule has 0 saturated heterocycles. The molecule has 0 aliphatic rings. The van der Waals surface area contributed by atoms with Gasteiger partial charge in [0.25, 0.3) is 0 Å². The zero-order valence-electron chi connectivity index (χ0n) is 12.9. The SMILES string of the molecule is Cc1cc(C)nc(NCc2ccc(N(C)C)cc2C)n1. The minimum atomic E-state index is 0.693. The molecule has 1 heterocycles. The van der Waals surface area contributed by atoms with Crippen LogP contribution in [0.25, 0.3) is 0 Å². The van der Waals surface area contributed by atoms with E-state index in [-0.39, 0.29) is 0 Å². The standard InChI is InChI=1S/C16H22N4/c1-11-8-15(20(4)5)7-6-14(11)10-17-16-18-12(2)9-13(3)19-16/h6-9H,10H2,1-5H3,(H,17,18,19). The van der Waals surface area contributed by atoms with E-state index in [1.165, 1.54) is 16.8 Å². The van der Waals surface area contributed by atoms with Crippen LogP contribution in [0.15, 0.2) is 24.3 Å². The smallest absolute Gasteiger partial charge is 0.223 e. The Morgan fingerprint density at radius 3 is 2.20 bits per heavy atom. The number of aromatic nitrogens is 2. The molecule has 0 atom stereocenters. The molecule has 2 aromatic rings. The van der Waals surface area contributed by atoms with Crippen LogP contribution in [-0.2, 0) is 6.54 Å². The molecule has 4 heteroatoms. The zero-order chi connectivity index (χ0) is 14.7. The van der Waals surface area contributed by atoms with E-state index in [1.807, 2.05) is 19.9 Å². The normalized spacial score (nSPS) is 10.4. The van der Waals surface area contributed by atoms with Crippen molar-refractivity contribution in [2.24, 2.45) is 0 Å². The number of rotatable bonds is 4. The summed E-state index contributed by atoms with van der Waals surface area (Å²) in [5.74, 6) is 0.693. The topological polar surface area (TPSA) is 41.1 Å². The maximum Gasteiger partial charge on any atom is 0.223 e. The molecule has 1 aromatic carbocycles. The highest BCUT2D eigenvalue weighted by Crippen LogP contribution is 2.18. The summed E-state index contributed by atoms with van der Waals surface area (Å²) in [5, 5.41) is 3.30. The molecule has 0 aliphatic carbocycles. The fourth-order valence-corrected chi connectivity index (χ4v) is 2.14. The van der Waals surface area contributed by atoms with E-state index < -0.39 is 0 Å². The average Bonchev–Trinajstić information content (AvgIpc) is 2.36. The lowest BCUT2D eigenvalue weighted by Crippen LogP contribution is -2.10. The molecule has 2 rings (SSSR count). The summed E-state index contributed by atoms with van der Waals surface area (Å²) in [6.07, 6.45) is 0. The van der Waals surface area contributed by atoms with Gasteiger partial charge in [-0.1, -0.05) is 6.07 Å². The van der Waals surface area contributed by atoms with Crippen LogP contribution in [0.1, 0.15) is 22.5 Å². The van der Waals surface area contributed by atoms with E-state index in [9.17, 15) is 0 Å². The van der Waals surface area contributed by atoms with E-state index in [4.69, 9.17) is 0 Å². The van der Waals surface area contributed by atoms with Crippen molar-refractivity contribution >= 4 is 11.6 Å². The Kier molecular flexibility index (Phi) is 4.23. The molecule has 0 fully saturated rings. The molecule has 0 aliphatic heterocycles. The predicted molar refractivity (Wildman–Crippen MR) is 84.3 cm³/mol. The van der Waals surface area contributed by atoms with Gasteiger partial charge in [-0.15, -0.1) is 0 Å². The van der Waals surface area contributed by atoms with Gasteiger partial charge in [0.15, 0.2) is 0 Å². The maximum absolute atomic E-state index is 4.39. The van der Waals surface area contributed by atoms with Crippen LogP contribution in [0, 0.1) is 20.8 Å². The van der Waals surface area contributed by atoms with Crippen LogP contribution in [-0.4, -0.2) is 24.1 Å². The summed E-state index contributed by atoms with van der Waals surface area (Å²) < 4.78 is 0. The average molecular weight is 270 g/mol. The summed E-state index contributed by atoms with van der Waals surface area (Å²) in [7, 11) is 4.10. The molecular weight excluding hydrogens is 248 g/mol. The summed E-state index contributed by atoms with van der Waals surface area (Å²) in [4.78, 5) is 10.9. The largest absolute Gasteiger partial charge is 0.378 e. The molecule has 106 valence electrons. The molecule has 20 heavy (non-hydrogen) atoms. The quantitative estimate of drug-likeness (QED) is 0.927. The Hall–Kier alpha value is -2.10. The molecule has 0 spiro atoms. The van der Waals surface area contributed by atoms with Gasteiger partial charge in [0.1, 0.15) is 0 Å². The number of benzene rings is 1. The van der Waals surface area contributed by atoms with Crippen LogP contribution in [0.5, 0.6) is 0 Å². The van der Waals surface area contributed by atoms with Gasteiger partial charge in [-0.3, -0.25) is 0 Å². The Morgan fingerprint density at radius 2 is 1.65 bits per heavy atom. The molecule has 4 nitrogen and oxygen atoms in total. The lowest BCUT2D eigenvalue weighted by molar-refractivity contribution is 0.996. The van der Waals surface area contributed by atoms with Crippen LogP contribution < -0.4 is 10.2 Å². The van der Waals surface area contributed by atoms with Gasteiger partial charge in [0.2, 0.25) is 5.95 Å². The fraction of sp³-hybridized carbons (Fsp3) is 0.375. The minimum Gasteiger partial charge on any atom is -0.378 e. The van der Waals surface area contributed by atoms with E-state index in [2.05, 4.69) is 59.4 Å². The summed E-state index contributed by atoms with van der Waals surface area (Å²) in [5.41, 5.74) is 5.72. The van der Waals surface area contributed by atoms with Crippen molar-refractivity contribution in [3.05, 3.63) is 46.8 Å². The molecule has 0 radical (unpaired) electrons. The van der Waals surface area contributed by atoms with Crippen molar-refractivity contribution in [1.82, 2.24) is 9.97 Å². The second-order valence-corrected chi connectivity index (χ2v) is 5.33. The Balaban J connectivity index is 2.11. The molecule has 0 amide bonds. The summed E-state index contributed by atoms with van der Waals surface area (Å²) in [6, 6.07) is 8.45. The first-order valence-electron chi connectivity index (χ1n) is 6.78. The molecular formula is C16H22N4. The molecule has 0 bridgehead atoms. The van der Waals surface area contributed by atoms with Crippen molar-refractivity contribution in [2.45, 2.75) is 27.3 Å². The monoisotopic (exact) mass is 270 g/mol. The van der Waals surface area contributed by atoms with Gasteiger partial charge >= 0.3 is 0 Å². The highest BCUT2D eigenvalue weighted by molar-refractivity contribution is 5.50. The highest BCUT2D eigenvalue weighted by Gasteiger charge is 2.03. The number of aryl methyl sites for hydroxylation is 3. The van der Waals surface area contributed by atoms with E-state index in [0.717, 1.165) is 17.9 Å². The van der Waals surface area contributed by atoms with E-state index in [0.29, 0.717) is 5.95 Å². The number of nitrogens with one attached hydrogen (secondary N) is 1. The third kappa shape index (κ3) is 3.47. The molecule has 0 unspecified atom stereocenters. The van der Waals surface area contributed by atoms with Crippen LogP contribution in [0.2, 0.25) is 0 Å². The first kappa shape index (κ1) is 14.3. The van der Waals surface area contributed by atoms with Gasteiger partial charge < -0.3 is 10.2 Å². The maximum atomic E-state index is 4.39. The third-order valence-corrected chi connectivity index (χ3v) is 3.26.